The average molecular weight is 295 g/mol. The van der Waals surface area contributed by atoms with Gasteiger partial charge in [0.1, 0.15) is 6.61 Å². The maximum Gasteiger partial charge on any atom is 0.416 e. The number of alkyl halides is 4. The molecule has 0 amide bonds. The van der Waals surface area contributed by atoms with E-state index in [1.807, 2.05) is 0 Å². The van der Waals surface area contributed by atoms with E-state index in [9.17, 15) is 23.3 Å². The van der Waals surface area contributed by atoms with Crippen LogP contribution in [-0.2, 0) is 6.18 Å². The fraction of sp³-hybridized carbons (Fsp3) is 0.300. The molecule has 5 nitrogen and oxygen atoms in total. The van der Waals surface area contributed by atoms with Crippen molar-refractivity contribution in [3.05, 3.63) is 33.9 Å². The highest BCUT2D eigenvalue weighted by molar-refractivity contribution is 6.22. The van der Waals surface area contributed by atoms with Gasteiger partial charge in [0.05, 0.1) is 16.6 Å². The lowest BCUT2D eigenvalue weighted by Crippen LogP contribution is -2.11. The van der Waals surface area contributed by atoms with Crippen molar-refractivity contribution in [2.24, 2.45) is 0 Å². The number of benzene rings is 1. The van der Waals surface area contributed by atoms with E-state index in [1.54, 1.807) is 6.07 Å². The molecule has 0 spiro atoms. The van der Waals surface area contributed by atoms with Crippen LogP contribution in [0.4, 0.5) is 18.9 Å². The smallest absolute Gasteiger partial charge is 0.416 e. The lowest BCUT2D eigenvalue weighted by Gasteiger charge is -2.10. The van der Waals surface area contributed by atoms with E-state index in [4.69, 9.17) is 21.6 Å². The van der Waals surface area contributed by atoms with Gasteiger partial charge >= 0.3 is 11.9 Å². The fourth-order valence-electron chi connectivity index (χ4n) is 1.16. The van der Waals surface area contributed by atoms with Crippen LogP contribution in [-0.4, -0.2) is 16.9 Å². The first-order valence-corrected chi connectivity index (χ1v) is 5.21. The van der Waals surface area contributed by atoms with E-state index in [0.717, 1.165) is 6.07 Å². The second kappa shape index (κ2) is 5.75. The Bertz CT molecular complexity index is 528. The lowest BCUT2D eigenvalue weighted by atomic mass is 10.2. The number of halogens is 4. The summed E-state index contributed by atoms with van der Waals surface area (Å²) >= 11 is 5.41. The third-order valence-corrected chi connectivity index (χ3v) is 2.23. The van der Waals surface area contributed by atoms with Gasteiger partial charge < -0.3 is 4.74 Å². The number of nitrogens with zero attached hydrogens (tertiary/aromatic N) is 2. The summed E-state index contributed by atoms with van der Waals surface area (Å²) in [5.41, 5.74) is -1.99. The molecule has 1 aromatic rings. The van der Waals surface area contributed by atoms with Gasteiger partial charge in [0.2, 0.25) is 0 Å². The van der Waals surface area contributed by atoms with Crippen molar-refractivity contribution in [1.82, 2.24) is 0 Å². The Balaban J connectivity index is 3.06. The number of rotatable bonds is 4. The van der Waals surface area contributed by atoms with E-state index >= 15 is 0 Å². The molecule has 0 aliphatic carbocycles. The number of ether oxygens (including phenoxy) is 1. The van der Waals surface area contributed by atoms with E-state index in [1.165, 1.54) is 0 Å². The van der Waals surface area contributed by atoms with Crippen LogP contribution in [0.3, 0.4) is 0 Å². The van der Waals surface area contributed by atoms with E-state index in [0.29, 0.717) is 12.1 Å². The molecule has 0 fully saturated rings. The summed E-state index contributed by atoms with van der Waals surface area (Å²) in [5.74, 6) is -0.376. The van der Waals surface area contributed by atoms with Crippen molar-refractivity contribution in [3.8, 4) is 11.8 Å². The third kappa shape index (κ3) is 3.99. The molecule has 0 bridgehead atoms. The minimum atomic E-state index is -4.69. The van der Waals surface area contributed by atoms with E-state index in [-0.39, 0.29) is 12.4 Å². The van der Waals surface area contributed by atoms with Gasteiger partial charge in [0.25, 0.3) is 0 Å². The molecule has 9 heteroatoms. The predicted octanol–water partition coefficient (Wildman–Crippen LogP) is 3.12. The highest BCUT2D eigenvalue weighted by atomic mass is 35.5. The zero-order valence-electron chi connectivity index (χ0n) is 9.15. The van der Waals surface area contributed by atoms with Crippen LogP contribution >= 0.6 is 11.6 Å². The molecular formula is C10H6ClF3N2O3. The Morgan fingerprint density at radius 1 is 1.53 bits per heavy atom. The van der Waals surface area contributed by atoms with Crippen LogP contribution < -0.4 is 4.74 Å². The average Bonchev–Trinajstić information content (AvgIpc) is 2.34. The van der Waals surface area contributed by atoms with Gasteiger partial charge in [-0.15, -0.1) is 11.6 Å². The molecule has 1 rings (SSSR count). The monoisotopic (exact) mass is 294 g/mol. The molecular weight excluding hydrogens is 289 g/mol. The molecule has 0 saturated heterocycles. The summed E-state index contributed by atoms with van der Waals surface area (Å²) < 4.78 is 42.1. The van der Waals surface area contributed by atoms with Crippen LogP contribution in [0.2, 0.25) is 0 Å². The van der Waals surface area contributed by atoms with Crippen molar-refractivity contribution in [2.75, 3.05) is 6.61 Å². The second-order valence-electron chi connectivity index (χ2n) is 3.35. The summed E-state index contributed by atoms with van der Waals surface area (Å²) in [6.45, 7) is -0.371. The van der Waals surface area contributed by atoms with Crippen LogP contribution in [0.1, 0.15) is 5.56 Å². The Morgan fingerprint density at radius 2 is 2.16 bits per heavy atom. The molecule has 1 unspecified atom stereocenters. The highest BCUT2D eigenvalue weighted by Gasteiger charge is 2.33. The zero-order chi connectivity index (χ0) is 14.6. The Hall–Kier alpha value is -2.01. The Kier molecular flexibility index (Phi) is 4.56. The number of nitro groups is 1. The summed E-state index contributed by atoms with van der Waals surface area (Å²) in [6.07, 6.45) is -4.69. The summed E-state index contributed by atoms with van der Waals surface area (Å²) in [6, 6.07) is 3.45. The Labute approximate surface area is 110 Å². The van der Waals surface area contributed by atoms with E-state index in [2.05, 4.69) is 0 Å². The van der Waals surface area contributed by atoms with Gasteiger partial charge in [0.15, 0.2) is 11.1 Å². The second-order valence-corrected chi connectivity index (χ2v) is 3.87. The third-order valence-electron chi connectivity index (χ3n) is 2.01. The maximum absolute atomic E-state index is 12.4. The number of nitriles is 1. The SMILES string of the molecule is N#CC(Cl)COc1ccc(C(F)(F)F)cc1[N+](=O)[O-]. The quantitative estimate of drug-likeness (QED) is 0.485. The van der Waals surface area contributed by atoms with Gasteiger partial charge in [-0.3, -0.25) is 10.1 Å². The van der Waals surface area contributed by atoms with E-state index < -0.39 is 27.7 Å². The van der Waals surface area contributed by atoms with Crippen LogP contribution in [0.5, 0.6) is 5.75 Å². The maximum atomic E-state index is 12.4. The van der Waals surface area contributed by atoms with Gasteiger partial charge in [-0.05, 0) is 12.1 Å². The zero-order valence-corrected chi connectivity index (χ0v) is 9.90. The standard InChI is InChI=1S/C10H6ClF3N2O3/c11-7(4-15)5-19-9-2-1-6(10(12,13)14)3-8(9)16(17)18/h1-3,7H,5H2. The number of nitro benzene ring substituents is 1. The van der Waals surface area contributed by atoms with Crippen LogP contribution in [0, 0.1) is 21.4 Å². The fourth-order valence-corrected chi connectivity index (χ4v) is 1.22. The molecule has 19 heavy (non-hydrogen) atoms. The van der Waals surface area contributed by atoms with Crippen molar-refractivity contribution >= 4 is 17.3 Å². The van der Waals surface area contributed by atoms with Crippen molar-refractivity contribution < 1.29 is 22.8 Å². The molecule has 1 atom stereocenters. The lowest BCUT2D eigenvalue weighted by molar-refractivity contribution is -0.386. The first-order chi connectivity index (χ1) is 8.75. The highest BCUT2D eigenvalue weighted by Crippen LogP contribution is 2.36. The summed E-state index contributed by atoms with van der Waals surface area (Å²) in [7, 11) is 0. The minimum Gasteiger partial charge on any atom is -0.484 e. The number of hydrogen-bond acceptors (Lipinski definition) is 4. The molecule has 0 radical (unpaired) electrons. The van der Waals surface area contributed by atoms with Gasteiger partial charge in [-0.25, -0.2) is 0 Å². The Morgan fingerprint density at radius 3 is 2.63 bits per heavy atom. The first-order valence-electron chi connectivity index (χ1n) is 4.78. The summed E-state index contributed by atoms with van der Waals surface area (Å²) in [5, 5.41) is 18.0. The van der Waals surface area contributed by atoms with Crippen molar-refractivity contribution in [3.63, 3.8) is 0 Å². The van der Waals surface area contributed by atoms with Crippen molar-refractivity contribution in [2.45, 2.75) is 11.6 Å². The normalized spacial score (nSPS) is 12.6. The summed E-state index contributed by atoms with van der Waals surface area (Å²) in [4.78, 5) is 9.68. The predicted molar refractivity (Wildman–Crippen MR) is 58.8 cm³/mol. The molecule has 0 aliphatic heterocycles. The molecule has 0 saturated carbocycles. The number of hydrogen-bond donors (Lipinski definition) is 0. The van der Waals surface area contributed by atoms with Crippen molar-refractivity contribution in [1.29, 1.82) is 5.26 Å². The molecule has 0 heterocycles. The molecule has 0 aromatic heterocycles. The van der Waals surface area contributed by atoms with Gasteiger partial charge in [-0.2, -0.15) is 18.4 Å². The van der Waals surface area contributed by atoms with Gasteiger partial charge in [-0.1, -0.05) is 0 Å². The largest absolute Gasteiger partial charge is 0.484 e. The van der Waals surface area contributed by atoms with Crippen LogP contribution in [0.15, 0.2) is 18.2 Å². The minimum absolute atomic E-state index is 0.366. The molecule has 0 N–H and O–H groups in total. The molecule has 1 aromatic carbocycles. The molecule has 0 aliphatic rings. The van der Waals surface area contributed by atoms with Gasteiger partial charge in [0, 0.05) is 6.07 Å². The topological polar surface area (TPSA) is 76.2 Å². The first kappa shape index (κ1) is 15.0. The van der Waals surface area contributed by atoms with Crippen LogP contribution in [0.25, 0.3) is 0 Å². The molecule has 102 valence electrons.